The van der Waals surface area contributed by atoms with Gasteiger partial charge in [-0.15, -0.1) is 13.2 Å². The van der Waals surface area contributed by atoms with Gasteiger partial charge in [-0.1, -0.05) is 0 Å². The minimum atomic E-state index is -4.70. The first-order valence-corrected chi connectivity index (χ1v) is 4.39. The lowest BCUT2D eigenvalue weighted by Gasteiger charge is -2.40. The molecule has 0 unspecified atom stereocenters. The molecule has 1 aliphatic carbocycles. The van der Waals surface area contributed by atoms with Crippen LogP contribution in [0.2, 0.25) is 0 Å². The van der Waals surface area contributed by atoms with Gasteiger partial charge in [0.05, 0.1) is 12.2 Å². The van der Waals surface area contributed by atoms with Crippen molar-refractivity contribution in [2.75, 3.05) is 13.2 Å². The maximum atomic E-state index is 11.8. The number of halogens is 3. The van der Waals surface area contributed by atoms with Gasteiger partial charge in [0.25, 0.3) is 0 Å². The Labute approximate surface area is 84.0 Å². The zero-order valence-electron chi connectivity index (χ0n) is 7.84. The summed E-state index contributed by atoms with van der Waals surface area (Å²) in [6.45, 7) is -1.23. The average molecular weight is 228 g/mol. The number of alkyl halides is 3. The number of carboxylic acid groups (broad SMARTS) is 1. The van der Waals surface area contributed by atoms with Crippen molar-refractivity contribution in [3.8, 4) is 0 Å². The van der Waals surface area contributed by atoms with Gasteiger partial charge in [0.1, 0.15) is 6.61 Å². The summed E-state index contributed by atoms with van der Waals surface area (Å²) in [4.78, 5) is 10.2. The zero-order valence-corrected chi connectivity index (χ0v) is 7.84. The SMILES string of the molecule is O=C(O)COC1(COC(F)(F)F)CCC1. The molecular formula is C8H11F3O4. The van der Waals surface area contributed by atoms with Crippen molar-refractivity contribution >= 4 is 5.97 Å². The first-order valence-electron chi connectivity index (χ1n) is 4.39. The Balaban J connectivity index is 2.36. The molecule has 0 aromatic heterocycles. The van der Waals surface area contributed by atoms with E-state index in [1.54, 1.807) is 0 Å². The molecule has 1 N–H and O–H groups in total. The molecule has 0 saturated heterocycles. The van der Waals surface area contributed by atoms with Gasteiger partial charge in [0.2, 0.25) is 0 Å². The fourth-order valence-electron chi connectivity index (χ4n) is 1.33. The third kappa shape index (κ3) is 4.05. The van der Waals surface area contributed by atoms with Crippen molar-refractivity contribution < 1.29 is 32.5 Å². The van der Waals surface area contributed by atoms with Gasteiger partial charge in [0.15, 0.2) is 0 Å². The molecule has 0 aromatic carbocycles. The number of hydrogen-bond donors (Lipinski definition) is 1. The van der Waals surface area contributed by atoms with Gasteiger partial charge in [0, 0.05) is 0 Å². The molecule has 1 saturated carbocycles. The molecule has 7 heteroatoms. The van der Waals surface area contributed by atoms with Crippen molar-refractivity contribution in [2.45, 2.75) is 31.2 Å². The summed E-state index contributed by atoms with van der Waals surface area (Å²) >= 11 is 0. The fraction of sp³-hybridized carbons (Fsp3) is 0.875. The summed E-state index contributed by atoms with van der Waals surface area (Å²) in [5.74, 6) is -1.20. The molecule has 0 aromatic rings. The highest BCUT2D eigenvalue weighted by atomic mass is 19.4. The van der Waals surface area contributed by atoms with Crippen LogP contribution in [0.15, 0.2) is 0 Å². The van der Waals surface area contributed by atoms with Crippen molar-refractivity contribution in [1.29, 1.82) is 0 Å². The number of carboxylic acids is 1. The molecule has 15 heavy (non-hydrogen) atoms. The number of rotatable bonds is 5. The van der Waals surface area contributed by atoms with Crippen molar-refractivity contribution in [3.05, 3.63) is 0 Å². The first-order chi connectivity index (χ1) is 6.83. The molecule has 1 rings (SSSR count). The molecule has 4 nitrogen and oxygen atoms in total. The molecular weight excluding hydrogens is 217 g/mol. The topological polar surface area (TPSA) is 55.8 Å². The smallest absolute Gasteiger partial charge is 0.480 e. The lowest BCUT2D eigenvalue weighted by atomic mass is 9.80. The maximum absolute atomic E-state index is 11.8. The second kappa shape index (κ2) is 4.36. The van der Waals surface area contributed by atoms with Gasteiger partial charge in [-0.25, -0.2) is 4.79 Å². The predicted molar refractivity (Wildman–Crippen MR) is 42.2 cm³/mol. The Morgan fingerprint density at radius 3 is 2.33 bits per heavy atom. The van der Waals surface area contributed by atoms with Crippen LogP contribution in [0.5, 0.6) is 0 Å². The summed E-state index contributed by atoms with van der Waals surface area (Å²) in [5, 5.41) is 8.34. The van der Waals surface area contributed by atoms with Crippen LogP contribution in [0.1, 0.15) is 19.3 Å². The van der Waals surface area contributed by atoms with Crippen LogP contribution in [0, 0.1) is 0 Å². The Hall–Kier alpha value is -0.820. The molecule has 1 fully saturated rings. The van der Waals surface area contributed by atoms with Crippen LogP contribution in [-0.2, 0) is 14.3 Å². The van der Waals surface area contributed by atoms with E-state index in [4.69, 9.17) is 9.84 Å². The highest BCUT2D eigenvalue weighted by molar-refractivity contribution is 5.68. The van der Waals surface area contributed by atoms with Gasteiger partial charge in [-0.05, 0) is 19.3 Å². The maximum Gasteiger partial charge on any atom is 0.522 e. The third-order valence-corrected chi connectivity index (χ3v) is 2.27. The van der Waals surface area contributed by atoms with E-state index in [1.807, 2.05) is 0 Å². The zero-order chi connectivity index (χ0) is 11.5. The van der Waals surface area contributed by atoms with Crippen molar-refractivity contribution in [2.24, 2.45) is 0 Å². The summed E-state index contributed by atoms with van der Waals surface area (Å²) < 4.78 is 43.8. The normalized spacial score (nSPS) is 19.7. The van der Waals surface area contributed by atoms with Crippen LogP contribution in [0.3, 0.4) is 0 Å². The minimum absolute atomic E-state index is 0.399. The van der Waals surface area contributed by atoms with Gasteiger partial charge in [-0.3, -0.25) is 4.74 Å². The van der Waals surface area contributed by atoms with Crippen molar-refractivity contribution in [3.63, 3.8) is 0 Å². The van der Waals surface area contributed by atoms with E-state index in [0.717, 1.165) is 6.42 Å². The Morgan fingerprint density at radius 2 is 2.00 bits per heavy atom. The van der Waals surface area contributed by atoms with Gasteiger partial charge >= 0.3 is 12.3 Å². The van der Waals surface area contributed by atoms with Crippen LogP contribution < -0.4 is 0 Å². The highest BCUT2D eigenvalue weighted by Gasteiger charge is 2.43. The van der Waals surface area contributed by atoms with E-state index in [1.165, 1.54) is 0 Å². The number of carbonyl (C=O) groups is 1. The third-order valence-electron chi connectivity index (χ3n) is 2.27. The Bertz CT molecular complexity index is 235. The second-order valence-corrected chi connectivity index (χ2v) is 3.45. The molecule has 0 aliphatic heterocycles. The molecule has 88 valence electrons. The van der Waals surface area contributed by atoms with Gasteiger partial charge in [-0.2, -0.15) is 0 Å². The standard InChI is InChI=1S/C8H11F3O4/c9-8(10,11)15-5-7(2-1-3-7)14-4-6(12)13/h1-5H2,(H,12,13). The van der Waals surface area contributed by atoms with E-state index >= 15 is 0 Å². The van der Waals surface area contributed by atoms with Crippen LogP contribution >= 0.6 is 0 Å². The average Bonchev–Trinajstić information content (AvgIpc) is 1.99. The number of ether oxygens (including phenoxy) is 2. The lowest BCUT2D eigenvalue weighted by Crippen LogP contribution is -2.47. The Kier molecular flexibility index (Phi) is 3.56. The minimum Gasteiger partial charge on any atom is -0.480 e. The van der Waals surface area contributed by atoms with E-state index in [0.29, 0.717) is 12.8 Å². The molecule has 0 radical (unpaired) electrons. The molecule has 0 spiro atoms. The number of hydrogen-bond acceptors (Lipinski definition) is 3. The molecule has 0 atom stereocenters. The van der Waals surface area contributed by atoms with Crippen LogP contribution in [-0.4, -0.2) is 36.3 Å². The van der Waals surface area contributed by atoms with Gasteiger partial charge < -0.3 is 9.84 Å². The molecule has 0 heterocycles. The van der Waals surface area contributed by atoms with E-state index < -0.39 is 31.1 Å². The first kappa shape index (κ1) is 12.3. The molecule has 0 bridgehead atoms. The van der Waals surface area contributed by atoms with Crippen LogP contribution in [0.4, 0.5) is 13.2 Å². The summed E-state index contributed by atoms with van der Waals surface area (Å²) in [6, 6.07) is 0. The predicted octanol–water partition coefficient (Wildman–Crippen LogP) is 1.55. The fourth-order valence-corrected chi connectivity index (χ4v) is 1.33. The van der Waals surface area contributed by atoms with Crippen molar-refractivity contribution in [1.82, 2.24) is 0 Å². The summed E-state index contributed by atoms with van der Waals surface area (Å²) in [7, 11) is 0. The van der Waals surface area contributed by atoms with E-state index in [2.05, 4.69) is 4.74 Å². The van der Waals surface area contributed by atoms with E-state index in [9.17, 15) is 18.0 Å². The summed E-state index contributed by atoms with van der Waals surface area (Å²) in [6.07, 6.45) is -3.18. The second-order valence-electron chi connectivity index (χ2n) is 3.45. The number of aliphatic carboxylic acids is 1. The van der Waals surface area contributed by atoms with E-state index in [-0.39, 0.29) is 0 Å². The highest BCUT2D eigenvalue weighted by Crippen LogP contribution is 2.37. The quantitative estimate of drug-likeness (QED) is 0.775. The molecule has 1 aliphatic rings. The Morgan fingerprint density at radius 1 is 1.40 bits per heavy atom. The lowest BCUT2D eigenvalue weighted by molar-refractivity contribution is -0.343. The monoisotopic (exact) mass is 228 g/mol. The summed E-state index contributed by atoms with van der Waals surface area (Å²) in [5.41, 5.74) is -1.06. The molecule has 0 amide bonds. The largest absolute Gasteiger partial charge is 0.522 e. The van der Waals surface area contributed by atoms with Crippen LogP contribution in [0.25, 0.3) is 0 Å².